The van der Waals surface area contributed by atoms with Crippen molar-refractivity contribution in [2.24, 2.45) is 0 Å². The number of hydrogen-bond acceptors (Lipinski definition) is 5. The van der Waals surface area contributed by atoms with Crippen LogP contribution in [0.1, 0.15) is 44.4 Å². The number of amides is 1. The predicted octanol–water partition coefficient (Wildman–Crippen LogP) is 3.87. The Morgan fingerprint density at radius 2 is 1.86 bits per heavy atom. The highest BCUT2D eigenvalue weighted by atomic mass is 32.2. The Morgan fingerprint density at radius 3 is 2.55 bits per heavy atom. The van der Waals surface area contributed by atoms with Crippen molar-refractivity contribution in [2.45, 2.75) is 18.1 Å². The molecule has 4 rings (SSSR count). The normalized spacial score (nSPS) is 19.4. The number of benzene rings is 2. The number of rotatable bonds is 4. The zero-order valence-electron chi connectivity index (χ0n) is 16.0. The summed E-state index contributed by atoms with van der Waals surface area (Å²) in [5.41, 5.74) is 2.27. The molecule has 2 heterocycles. The highest BCUT2D eigenvalue weighted by molar-refractivity contribution is 7.99. The van der Waals surface area contributed by atoms with E-state index in [0.717, 1.165) is 24.9 Å². The number of anilines is 1. The van der Waals surface area contributed by atoms with Crippen molar-refractivity contribution in [1.29, 1.82) is 0 Å². The van der Waals surface area contributed by atoms with Gasteiger partial charge in [0.2, 0.25) is 0 Å². The minimum atomic E-state index is -0.960. The topological polar surface area (TPSA) is 60.9 Å². The van der Waals surface area contributed by atoms with Crippen molar-refractivity contribution < 1.29 is 19.1 Å². The number of nitrogens with zero attached hydrogens (tertiary/aromatic N) is 2. The van der Waals surface area contributed by atoms with E-state index in [-0.39, 0.29) is 22.3 Å². The fraction of sp³-hybridized carbons (Fsp3) is 0.364. The number of halogens is 1. The van der Waals surface area contributed by atoms with Crippen molar-refractivity contribution in [3.05, 3.63) is 58.9 Å². The lowest BCUT2D eigenvalue weighted by molar-refractivity contribution is 0.0761. The lowest BCUT2D eigenvalue weighted by Crippen LogP contribution is -2.39. The van der Waals surface area contributed by atoms with E-state index in [0.29, 0.717) is 19.4 Å². The second kappa shape index (κ2) is 8.45. The standard InChI is InChI=1S/C22H23FN2O3S/c23-19-12-16(11-17(14-26)21(19)27)22(28)25-9-10-29-20(13-25)15-3-5-18(6-4-15)24-7-1-2-8-24/h3-6,11-12,14,20,27H,1-2,7-10,13H2. The third-order valence-electron chi connectivity index (χ3n) is 5.56. The number of thioether (sulfide) groups is 1. The first-order valence-electron chi connectivity index (χ1n) is 9.80. The van der Waals surface area contributed by atoms with Crippen molar-refractivity contribution in [1.82, 2.24) is 4.90 Å². The van der Waals surface area contributed by atoms with Gasteiger partial charge in [0.25, 0.3) is 5.91 Å². The van der Waals surface area contributed by atoms with Crippen molar-refractivity contribution in [3.8, 4) is 5.75 Å². The van der Waals surface area contributed by atoms with Crippen LogP contribution in [0.25, 0.3) is 0 Å². The van der Waals surface area contributed by atoms with E-state index in [1.165, 1.54) is 30.2 Å². The number of aldehydes is 1. The molecule has 5 nitrogen and oxygen atoms in total. The summed E-state index contributed by atoms with van der Waals surface area (Å²) in [7, 11) is 0. The van der Waals surface area contributed by atoms with Gasteiger partial charge < -0.3 is 14.9 Å². The van der Waals surface area contributed by atoms with Crippen molar-refractivity contribution >= 4 is 29.6 Å². The van der Waals surface area contributed by atoms with Gasteiger partial charge in [-0.1, -0.05) is 12.1 Å². The molecule has 2 fully saturated rings. The third-order valence-corrected chi connectivity index (χ3v) is 6.80. The summed E-state index contributed by atoms with van der Waals surface area (Å²) in [6.45, 7) is 3.29. The molecular formula is C22H23FN2O3S. The largest absolute Gasteiger partial charge is 0.504 e. The van der Waals surface area contributed by atoms with E-state index in [4.69, 9.17) is 0 Å². The second-order valence-corrected chi connectivity index (χ2v) is 8.72. The van der Waals surface area contributed by atoms with E-state index in [2.05, 4.69) is 29.2 Å². The number of phenols is 1. The van der Waals surface area contributed by atoms with Crippen LogP contribution in [0.3, 0.4) is 0 Å². The number of hydrogen-bond donors (Lipinski definition) is 1. The predicted molar refractivity (Wildman–Crippen MR) is 112 cm³/mol. The molecule has 1 N–H and O–H groups in total. The summed E-state index contributed by atoms with van der Waals surface area (Å²) in [5, 5.41) is 9.71. The zero-order chi connectivity index (χ0) is 20.4. The number of phenolic OH excluding ortho intramolecular Hbond substituents is 1. The molecule has 2 saturated heterocycles. The van der Waals surface area contributed by atoms with Gasteiger partial charge in [-0.25, -0.2) is 4.39 Å². The maximum atomic E-state index is 13.9. The van der Waals surface area contributed by atoms with E-state index >= 15 is 0 Å². The maximum absolute atomic E-state index is 13.9. The van der Waals surface area contributed by atoms with Gasteiger partial charge in [-0.15, -0.1) is 0 Å². The molecule has 1 atom stereocenters. The lowest BCUT2D eigenvalue weighted by atomic mass is 10.1. The molecule has 1 amide bonds. The molecule has 0 radical (unpaired) electrons. The molecule has 0 aromatic heterocycles. The maximum Gasteiger partial charge on any atom is 0.254 e. The third kappa shape index (κ3) is 4.10. The summed E-state index contributed by atoms with van der Waals surface area (Å²) in [5.74, 6) is -1.23. The van der Waals surface area contributed by atoms with Crippen molar-refractivity contribution in [3.63, 3.8) is 0 Å². The number of carbonyl (C=O) groups excluding carboxylic acids is 2. The number of carbonyl (C=O) groups is 2. The van der Waals surface area contributed by atoms with Gasteiger partial charge in [0.15, 0.2) is 17.9 Å². The van der Waals surface area contributed by atoms with Crippen LogP contribution in [-0.2, 0) is 0 Å². The molecule has 152 valence electrons. The first-order valence-corrected chi connectivity index (χ1v) is 10.8. The first-order chi connectivity index (χ1) is 14.1. The average Bonchev–Trinajstić information content (AvgIpc) is 3.30. The van der Waals surface area contributed by atoms with Crippen LogP contribution >= 0.6 is 11.8 Å². The monoisotopic (exact) mass is 414 g/mol. The Morgan fingerprint density at radius 1 is 1.14 bits per heavy atom. The molecule has 2 aliphatic heterocycles. The minimum absolute atomic E-state index is 0.0810. The molecule has 2 aromatic rings. The minimum Gasteiger partial charge on any atom is -0.504 e. The van der Waals surface area contributed by atoms with Gasteiger partial charge in [0.05, 0.1) is 5.56 Å². The Balaban J connectivity index is 1.48. The summed E-state index contributed by atoms with van der Waals surface area (Å²) in [6.07, 6.45) is 2.83. The van der Waals surface area contributed by atoms with Crippen LogP contribution < -0.4 is 4.90 Å². The molecule has 7 heteroatoms. The van der Waals surface area contributed by atoms with Crippen LogP contribution in [0, 0.1) is 5.82 Å². The van der Waals surface area contributed by atoms with Gasteiger partial charge in [-0.05, 0) is 42.7 Å². The SMILES string of the molecule is O=Cc1cc(C(=O)N2CCSC(c3ccc(N4CCCC4)cc3)C2)cc(F)c1O. The molecule has 0 saturated carbocycles. The van der Waals surface area contributed by atoms with Gasteiger partial charge in [0, 0.05) is 48.4 Å². The summed E-state index contributed by atoms with van der Waals surface area (Å²) in [4.78, 5) is 28.0. The molecular weight excluding hydrogens is 391 g/mol. The Kier molecular flexibility index (Phi) is 5.76. The van der Waals surface area contributed by atoms with Crippen LogP contribution in [0.2, 0.25) is 0 Å². The fourth-order valence-corrected chi connectivity index (χ4v) is 5.17. The zero-order valence-corrected chi connectivity index (χ0v) is 16.8. The smallest absolute Gasteiger partial charge is 0.254 e. The van der Waals surface area contributed by atoms with E-state index in [9.17, 15) is 19.1 Å². The quantitative estimate of drug-likeness (QED) is 0.770. The van der Waals surface area contributed by atoms with Gasteiger partial charge >= 0.3 is 0 Å². The Labute approximate surface area is 173 Å². The second-order valence-electron chi connectivity index (χ2n) is 7.41. The van der Waals surface area contributed by atoms with Gasteiger partial charge in [0.1, 0.15) is 0 Å². The Hall–Kier alpha value is -2.54. The Bertz CT molecular complexity index is 913. The highest BCUT2D eigenvalue weighted by Crippen LogP contribution is 2.35. The van der Waals surface area contributed by atoms with Crippen LogP contribution in [-0.4, -0.2) is 54.1 Å². The first kappa shape index (κ1) is 19.8. The lowest BCUT2D eigenvalue weighted by Gasteiger charge is -2.33. The van der Waals surface area contributed by atoms with Gasteiger partial charge in [-0.3, -0.25) is 9.59 Å². The van der Waals surface area contributed by atoms with E-state index in [1.807, 2.05) is 0 Å². The molecule has 2 aromatic carbocycles. The fourth-order valence-electron chi connectivity index (χ4n) is 3.93. The van der Waals surface area contributed by atoms with Crippen molar-refractivity contribution in [2.75, 3.05) is 36.8 Å². The van der Waals surface area contributed by atoms with Crippen LogP contribution in [0.4, 0.5) is 10.1 Å². The number of aromatic hydroxyl groups is 1. The van der Waals surface area contributed by atoms with E-state index < -0.39 is 11.6 Å². The molecule has 29 heavy (non-hydrogen) atoms. The summed E-state index contributed by atoms with van der Waals surface area (Å²) >= 11 is 1.81. The van der Waals surface area contributed by atoms with E-state index in [1.54, 1.807) is 16.7 Å². The molecule has 1 unspecified atom stereocenters. The molecule has 2 aliphatic rings. The molecule has 0 spiro atoms. The summed E-state index contributed by atoms with van der Waals surface area (Å²) in [6, 6.07) is 10.8. The van der Waals surface area contributed by atoms with Crippen LogP contribution in [0.15, 0.2) is 36.4 Å². The summed E-state index contributed by atoms with van der Waals surface area (Å²) < 4.78 is 13.9. The molecule has 0 bridgehead atoms. The molecule has 0 aliphatic carbocycles. The highest BCUT2D eigenvalue weighted by Gasteiger charge is 2.27. The van der Waals surface area contributed by atoms with Gasteiger partial charge in [-0.2, -0.15) is 11.8 Å². The average molecular weight is 415 g/mol. The van der Waals surface area contributed by atoms with Crippen LogP contribution in [0.5, 0.6) is 5.75 Å².